The van der Waals surface area contributed by atoms with Gasteiger partial charge in [0.15, 0.2) is 6.10 Å². The number of non-ortho nitro benzene ring substituents is 1. The molecule has 1 aromatic heterocycles. The van der Waals surface area contributed by atoms with Crippen LogP contribution >= 0.6 is 11.3 Å². The van der Waals surface area contributed by atoms with Crippen LogP contribution in [0.15, 0.2) is 18.2 Å². The summed E-state index contributed by atoms with van der Waals surface area (Å²) in [6.07, 6.45) is -1.12. The third-order valence-electron chi connectivity index (χ3n) is 3.39. The summed E-state index contributed by atoms with van der Waals surface area (Å²) in [7, 11) is 1.37. The van der Waals surface area contributed by atoms with E-state index in [1.54, 1.807) is 13.8 Å². The number of rotatable bonds is 6. The standard InChI is InChI=1S/C16H17N3O6S/c1-8-14(26-10(3)17-8)16(21)25-9(2)15(20)18-12-7-11(19(22)23)5-6-13(12)24-4/h5-7,9H,1-4H3,(H,18,20)/t9-/m0/s1. The number of nitro groups is 1. The van der Waals surface area contributed by atoms with E-state index >= 15 is 0 Å². The maximum absolute atomic E-state index is 12.3. The molecule has 0 bridgehead atoms. The number of amides is 1. The number of aryl methyl sites for hydroxylation is 2. The minimum Gasteiger partial charge on any atom is -0.495 e. The van der Waals surface area contributed by atoms with Crippen LogP contribution in [0.3, 0.4) is 0 Å². The van der Waals surface area contributed by atoms with Crippen LogP contribution < -0.4 is 10.1 Å². The molecule has 0 saturated heterocycles. The van der Waals surface area contributed by atoms with Crippen molar-refractivity contribution in [1.82, 2.24) is 4.98 Å². The van der Waals surface area contributed by atoms with E-state index < -0.39 is 22.9 Å². The Bertz CT molecular complexity index is 864. The molecule has 1 atom stereocenters. The van der Waals surface area contributed by atoms with Gasteiger partial charge in [-0.3, -0.25) is 14.9 Å². The molecule has 10 heteroatoms. The summed E-state index contributed by atoms with van der Waals surface area (Å²) in [5.74, 6) is -1.05. The van der Waals surface area contributed by atoms with Gasteiger partial charge in [0.25, 0.3) is 11.6 Å². The Morgan fingerprint density at radius 2 is 2.04 bits per heavy atom. The van der Waals surface area contributed by atoms with Crippen molar-refractivity contribution in [3.63, 3.8) is 0 Å². The average molecular weight is 379 g/mol. The van der Waals surface area contributed by atoms with Crippen molar-refractivity contribution < 1.29 is 24.0 Å². The minimum absolute atomic E-state index is 0.111. The third kappa shape index (κ3) is 4.33. The van der Waals surface area contributed by atoms with E-state index in [0.29, 0.717) is 15.6 Å². The number of benzene rings is 1. The molecule has 0 spiro atoms. The molecular formula is C16H17N3O6S. The van der Waals surface area contributed by atoms with Crippen LogP contribution in [0.4, 0.5) is 11.4 Å². The summed E-state index contributed by atoms with van der Waals surface area (Å²) < 4.78 is 10.2. The van der Waals surface area contributed by atoms with Crippen molar-refractivity contribution >= 4 is 34.6 Å². The molecule has 26 heavy (non-hydrogen) atoms. The van der Waals surface area contributed by atoms with Crippen LogP contribution in [0.5, 0.6) is 5.75 Å². The summed E-state index contributed by atoms with van der Waals surface area (Å²) in [5, 5.41) is 14.1. The molecule has 0 fully saturated rings. The first-order valence-electron chi connectivity index (χ1n) is 7.51. The maximum Gasteiger partial charge on any atom is 0.351 e. The fraction of sp³-hybridized carbons (Fsp3) is 0.312. The lowest BCUT2D eigenvalue weighted by Crippen LogP contribution is -2.30. The van der Waals surface area contributed by atoms with E-state index in [0.717, 1.165) is 0 Å². The Kier molecular flexibility index (Phi) is 5.88. The number of hydrogen-bond donors (Lipinski definition) is 1. The van der Waals surface area contributed by atoms with Crippen molar-refractivity contribution in [2.75, 3.05) is 12.4 Å². The van der Waals surface area contributed by atoms with Gasteiger partial charge < -0.3 is 14.8 Å². The van der Waals surface area contributed by atoms with Crippen molar-refractivity contribution in [1.29, 1.82) is 0 Å². The van der Waals surface area contributed by atoms with Gasteiger partial charge in [0, 0.05) is 12.1 Å². The summed E-state index contributed by atoms with van der Waals surface area (Å²) in [6.45, 7) is 4.85. The zero-order valence-electron chi connectivity index (χ0n) is 14.6. The number of carbonyl (C=O) groups excluding carboxylic acids is 2. The number of methoxy groups -OCH3 is 1. The Hall–Kier alpha value is -3.01. The van der Waals surface area contributed by atoms with Crippen molar-refractivity contribution in [2.24, 2.45) is 0 Å². The van der Waals surface area contributed by atoms with Gasteiger partial charge in [0.1, 0.15) is 10.6 Å². The lowest BCUT2D eigenvalue weighted by molar-refractivity contribution is -0.384. The summed E-state index contributed by atoms with van der Waals surface area (Å²) in [5.41, 5.74) is 0.436. The predicted molar refractivity (Wildman–Crippen MR) is 94.7 cm³/mol. The van der Waals surface area contributed by atoms with E-state index in [2.05, 4.69) is 10.3 Å². The Labute approximate surface area is 153 Å². The highest BCUT2D eigenvalue weighted by atomic mass is 32.1. The first-order chi connectivity index (χ1) is 12.2. The normalized spacial score (nSPS) is 11.5. The molecule has 0 aliphatic heterocycles. The van der Waals surface area contributed by atoms with Crippen molar-refractivity contribution in [3.05, 3.63) is 43.9 Å². The largest absolute Gasteiger partial charge is 0.495 e. The van der Waals surface area contributed by atoms with Crippen molar-refractivity contribution in [2.45, 2.75) is 26.9 Å². The fourth-order valence-corrected chi connectivity index (χ4v) is 2.93. The molecule has 1 amide bonds. The monoisotopic (exact) mass is 379 g/mol. The number of hydrogen-bond acceptors (Lipinski definition) is 8. The van der Waals surface area contributed by atoms with Crippen LogP contribution in [0.1, 0.15) is 27.3 Å². The Morgan fingerprint density at radius 1 is 1.35 bits per heavy atom. The van der Waals surface area contributed by atoms with Crippen LogP contribution in [-0.4, -0.2) is 35.0 Å². The molecule has 2 aromatic rings. The molecule has 2 rings (SSSR count). The molecule has 0 aliphatic rings. The van der Waals surface area contributed by atoms with E-state index in [4.69, 9.17) is 9.47 Å². The molecular weight excluding hydrogens is 362 g/mol. The molecule has 1 heterocycles. The number of esters is 1. The van der Waals surface area contributed by atoms with E-state index in [9.17, 15) is 19.7 Å². The zero-order chi connectivity index (χ0) is 19.4. The quantitative estimate of drug-likeness (QED) is 0.465. The molecule has 138 valence electrons. The molecule has 0 aliphatic carbocycles. The highest BCUT2D eigenvalue weighted by Gasteiger charge is 2.23. The van der Waals surface area contributed by atoms with Gasteiger partial charge in [0.2, 0.25) is 0 Å². The molecule has 1 aromatic carbocycles. The van der Waals surface area contributed by atoms with Gasteiger partial charge in [-0.2, -0.15) is 0 Å². The van der Waals surface area contributed by atoms with Gasteiger partial charge in [-0.25, -0.2) is 9.78 Å². The zero-order valence-corrected chi connectivity index (χ0v) is 15.4. The van der Waals surface area contributed by atoms with Gasteiger partial charge in [0.05, 0.1) is 28.4 Å². The Morgan fingerprint density at radius 3 is 2.58 bits per heavy atom. The smallest absolute Gasteiger partial charge is 0.351 e. The maximum atomic E-state index is 12.3. The molecule has 0 saturated carbocycles. The second kappa shape index (κ2) is 7.91. The van der Waals surface area contributed by atoms with Crippen LogP contribution in [-0.2, 0) is 9.53 Å². The number of nitrogens with zero attached hydrogens (tertiary/aromatic N) is 2. The number of nitro benzene ring substituents is 1. The molecule has 0 unspecified atom stereocenters. The highest BCUT2D eigenvalue weighted by Crippen LogP contribution is 2.29. The van der Waals surface area contributed by atoms with Crippen LogP contribution in [0.25, 0.3) is 0 Å². The number of thiazole rings is 1. The van der Waals surface area contributed by atoms with Gasteiger partial charge in [-0.15, -0.1) is 11.3 Å². The van der Waals surface area contributed by atoms with Gasteiger partial charge >= 0.3 is 5.97 Å². The average Bonchev–Trinajstić information content (AvgIpc) is 2.93. The first-order valence-corrected chi connectivity index (χ1v) is 8.33. The second-order valence-corrected chi connectivity index (χ2v) is 6.53. The number of ether oxygens (including phenoxy) is 2. The van der Waals surface area contributed by atoms with E-state index in [1.165, 1.54) is 43.6 Å². The molecule has 9 nitrogen and oxygen atoms in total. The number of anilines is 1. The van der Waals surface area contributed by atoms with Crippen molar-refractivity contribution in [3.8, 4) is 5.75 Å². The summed E-state index contributed by atoms with van der Waals surface area (Å²) in [6, 6.07) is 3.79. The lowest BCUT2D eigenvalue weighted by Gasteiger charge is -2.14. The van der Waals surface area contributed by atoms with Gasteiger partial charge in [-0.1, -0.05) is 0 Å². The topological polar surface area (TPSA) is 121 Å². The first kappa shape index (κ1) is 19.3. The molecule has 0 radical (unpaired) electrons. The number of nitrogens with one attached hydrogen (secondary N) is 1. The third-order valence-corrected chi connectivity index (χ3v) is 4.45. The van der Waals surface area contributed by atoms with E-state index in [1.807, 2.05) is 0 Å². The fourth-order valence-electron chi connectivity index (χ4n) is 2.13. The summed E-state index contributed by atoms with van der Waals surface area (Å²) in [4.78, 5) is 39.2. The van der Waals surface area contributed by atoms with E-state index in [-0.39, 0.29) is 17.1 Å². The SMILES string of the molecule is COc1ccc([N+](=O)[O-])cc1NC(=O)[C@H](C)OC(=O)c1sc(C)nc1C. The predicted octanol–water partition coefficient (Wildman–Crippen LogP) is 2.86. The lowest BCUT2D eigenvalue weighted by atomic mass is 10.2. The van der Waals surface area contributed by atoms with Gasteiger partial charge in [-0.05, 0) is 26.8 Å². The van der Waals surface area contributed by atoms with Crippen LogP contribution in [0, 0.1) is 24.0 Å². The second-order valence-electron chi connectivity index (χ2n) is 5.33. The Balaban J connectivity index is 2.11. The summed E-state index contributed by atoms with van der Waals surface area (Å²) >= 11 is 1.18. The van der Waals surface area contributed by atoms with Crippen LogP contribution in [0.2, 0.25) is 0 Å². The minimum atomic E-state index is -1.12. The molecule has 1 N–H and O–H groups in total. The highest BCUT2D eigenvalue weighted by molar-refractivity contribution is 7.13. The number of aromatic nitrogens is 1. The number of carbonyl (C=O) groups is 2.